The summed E-state index contributed by atoms with van der Waals surface area (Å²) in [4.78, 5) is 17.3. The monoisotopic (exact) mass is 471 g/mol. The van der Waals surface area contributed by atoms with Crippen LogP contribution in [0.3, 0.4) is 0 Å². The van der Waals surface area contributed by atoms with Gasteiger partial charge < -0.3 is 5.32 Å². The summed E-state index contributed by atoms with van der Waals surface area (Å²) in [5.41, 5.74) is 0.811. The molecule has 4 rings (SSSR count). The zero-order valence-electron chi connectivity index (χ0n) is 17.4. The van der Waals surface area contributed by atoms with Gasteiger partial charge in [-0.05, 0) is 30.3 Å². The van der Waals surface area contributed by atoms with Crippen molar-refractivity contribution in [2.24, 2.45) is 0 Å². The average molecular weight is 471 g/mol. The normalized spacial score (nSPS) is 11.8. The highest BCUT2D eigenvalue weighted by Gasteiger charge is 2.22. The zero-order chi connectivity index (χ0) is 23.6. The number of alkyl halides is 2. The molecule has 0 bridgehead atoms. The molecular formula is C22H19F2N5O3S. The summed E-state index contributed by atoms with van der Waals surface area (Å²) in [6.07, 6.45) is -1.66. The van der Waals surface area contributed by atoms with E-state index in [1.54, 1.807) is 37.3 Å². The average Bonchev–Trinajstić information content (AvgIpc) is 3.23. The number of carbonyl (C=O) groups is 1. The maximum Gasteiger partial charge on any atom is 0.280 e. The van der Waals surface area contributed by atoms with E-state index in [0.29, 0.717) is 11.3 Å². The van der Waals surface area contributed by atoms with Crippen LogP contribution in [0, 0.1) is 0 Å². The number of rotatable bonds is 7. The van der Waals surface area contributed by atoms with E-state index >= 15 is 0 Å². The summed E-state index contributed by atoms with van der Waals surface area (Å²) in [6, 6.07) is 15.6. The lowest BCUT2D eigenvalue weighted by Crippen LogP contribution is -2.23. The molecule has 0 aliphatic rings. The van der Waals surface area contributed by atoms with E-state index in [1.165, 1.54) is 36.5 Å². The quantitative estimate of drug-likeness (QED) is 0.426. The van der Waals surface area contributed by atoms with Crippen molar-refractivity contribution in [3.8, 4) is 11.3 Å². The van der Waals surface area contributed by atoms with Gasteiger partial charge in [0.05, 0.1) is 16.8 Å². The number of hydrogen-bond donors (Lipinski definition) is 2. The first-order valence-electron chi connectivity index (χ1n) is 9.93. The molecule has 0 spiro atoms. The molecule has 2 heterocycles. The Kier molecular flexibility index (Phi) is 6.16. The number of aromatic nitrogens is 3. The molecule has 0 saturated heterocycles. The fourth-order valence-electron chi connectivity index (χ4n) is 3.25. The number of carbonyl (C=O) groups excluding carboxylic acids is 1. The maximum absolute atomic E-state index is 13.7. The van der Waals surface area contributed by atoms with Crippen LogP contribution in [0.1, 0.15) is 29.4 Å². The smallest absolute Gasteiger partial charge is 0.280 e. The molecule has 33 heavy (non-hydrogen) atoms. The second-order valence-corrected chi connectivity index (χ2v) is 8.77. The third-order valence-electron chi connectivity index (χ3n) is 4.79. The number of amides is 1. The van der Waals surface area contributed by atoms with Crippen molar-refractivity contribution < 1.29 is 22.0 Å². The minimum Gasteiger partial charge on any atom is -0.322 e. The molecule has 0 saturated carbocycles. The van der Waals surface area contributed by atoms with Gasteiger partial charge in [-0.25, -0.2) is 31.4 Å². The molecule has 0 radical (unpaired) electrons. The van der Waals surface area contributed by atoms with Crippen LogP contribution in [-0.2, 0) is 10.0 Å². The Balaban J connectivity index is 1.68. The molecule has 11 heteroatoms. The molecule has 0 aliphatic heterocycles. The molecule has 2 N–H and O–H groups in total. The largest absolute Gasteiger partial charge is 0.322 e. The molecule has 0 fully saturated rings. The Bertz CT molecular complexity index is 1410. The number of nitrogens with one attached hydrogen (secondary N) is 2. The topological polar surface area (TPSA) is 105 Å². The first-order valence-corrected chi connectivity index (χ1v) is 11.4. The fraction of sp³-hybridized carbons (Fsp3) is 0.136. The van der Waals surface area contributed by atoms with Crippen LogP contribution in [0.4, 0.5) is 14.5 Å². The Morgan fingerprint density at radius 2 is 1.79 bits per heavy atom. The molecule has 0 atom stereocenters. The predicted molar refractivity (Wildman–Crippen MR) is 119 cm³/mol. The number of halogens is 2. The molecule has 2 aromatic heterocycles. The van der Waals surface area contributed by atoms with Crippen LogP contribution in [0.5, 0.6) is 0 Å². The predicted octanol–water partition coefficient (Wildman–Crippen LogP) is 3.88. The van der Waals surface area contributed by atoms with E-state index in [0.717, 1.165) is 4.52 Å². The van der Waals surface area contributed by atoms with Gasteiger partial charge in [0.25, 0.3) is 12.3 Å². The number of hydrogen-bond acceptors (Lipinski definition) is 5. The van der Waals surface area contributed by atoms with Gasteiger partial charge >= 0.3 is 0 Å². The standard InChI is InChI=1S/C22H19F2N5O3S/c1-2-26-33(31,32)16-10-8-15(9-11-16)27-22(30)17-13-25-29-19(20(23)24)12-18(28-21(17)29)14-6-4-3-5-7-14/h3-13,20,26H,2H2,1H3,(H,27,30). The van der Waals surface area contributed by atoms with Crippen LogP contribution in [-0.4, -0.2) is 35.5 Å². The van der Waals surface area contributed by atoms with Gasteiger partial charge in [-0.3, -0.25) is 4.79 Å². The lowest BCUT2D eigenvalue weighted by atomic mass is 10.1. The van der Waals surface area contributed by atoms with E-state index in [4.69, 9.17) is 0 Å². The molecule has 2 aromatic carbocycles. The van der Waals surface area contributed by atoms with Gasteiger partial charge in [-0.2, -0.15) is 5.10 Å². The molecule has 0 aliphatic carbocycles. The number of sulfonamides is 1. The second kappa shape index (κ2) is 9.04. The van der Waals surface area contributed by atoms with Crippen molar-refractivity contribution in [1.29, 1.82) is 0 Å². The Morgan fingerprint density at radius 3 is 2.42 bits per heavy atom. The highest BCUT2D eigenvalue weighted by Crippen LogP contribution is 2.27. The zero-order valence-corrected chi connectivity index (χ0v) is 18.2. The van der Waals surface area contributed by atoms with E-state index in [1.807, 2.05) is 0 Å². The van der Waals surface area contributed by atoms with Gasteiger partial charge in [0, 0.05) is 17.8 Å². The molecule has 4 aromatic rings. The highest BCUT2D eigenvalue weighted by atomic mass is 32.2. The van der Waals surface area contributed by atoms with Crippen molar-refractivity contribution in [2.75, 3.05) is 11.9 Å². The van der Waals surface area contributed by atoms with Gasteiger partial charge in [0.1, 0.15) is 11.3 Å². The molecule has 1 amide bonds. The summed E-state index contributed by atoms with van der Waals surface area (Å²) < 4.78 is 54.8. The number of benzene rings is 2. The van der Waals surface area contributed by atoms with E-state index in [-0.39, 0.29) is 28.3 Å². The maximum atomic E-state index is 13.7. The first kappa shape index (κ1) is 22.5. The summed E-state index contributed by atoms with van der Waals surface area (Å²) in [5.74, 6) is -0.620. The number of fused-ring (bicyclic) bond motifs is 1. The van der Waals surface area contributed by atoms with Crippen molar-refractivity contribution in [1.82, 2.24) is 19.3 Å². The summed E-state index contributed by atoms with van der Waals surface area (Å²) in [6.45, 7) is 1.91. The summed E-state index contributed by atoms with van der Waals surface area (Å²) in [5, 5.41) is 6.55. The lowest BCUT2D eigenvalue weighted by molar-refractivity contribution is 0.102. The third kappa shape index (κ3) is 4.59. The number of anilines is 1. The van der Waals surface area contributed by atoms with Gasteiger partial charge in [-0.1, -0.05) is 37.3 Å². The van der Waals surface area contributed by atoms with Crippen LogP contribution in [0.25, 0.3) is 16.9 Å². The van der Waals surface area contributed by atoms with E-state index in [9.17, 15) is 22.0 Å². The highest BCUT2D eigenvalue weighted by molar-refractivity contribution is 7.89. The summed E-state index contributed by atoms with van der Waals surface area (Å²) in [7, 11) is -3.63. The van der Waals surface area contributed by atoms with Crippen LogP contribution >= 0.6 is 0 Å². The Labute approximate surface area is 188 Å². The molecule has 0 unspecified atom stereocenters. The number of nitrogens with zero attached hydrogens (tertiary/aromatic N) is 3. The molecular weight excluding hydrogens is 452 g/mol. The third-order valence-corrected chi connectivity index (χ3v) is 6.36. The minimum absolute atomic E-state index is 0.000899. The lowest BCUT2D eigenvalue weighted by Gasteiger charge is -2.09. The van der Waals surface area contributed by atoms with E-state index in [2.05, 4.69) is 20.1 Å². The first-order chi connectivity index (χ1) is 15.8. The van der Waals surface area contributed by atoms with Gasteiger partial charge in [0.15, 0.2) is 5.65 Å². The van der Waals surface area contributed by atoms with Crippen molar-refractivity contribution in [3.05, 3.63) is 78.1 Å². The van der Waals surface area contributed by atoms with Gasteiger partial charge in [-0.15, -0.1) is 0 Å². The molecule has 8 nitrogen and oxygen atoms in total. The SMILES string of the molecule is CCNS(=O)(=O)c1ccc(NC(=O)c2cnn3c(C(F)F)cc(-c4ccccc4)nc23)cc1. The van der Waals surface area contributed by atoms with Crippen LogP contribution < -0.4 is 10.0 Å². The summed E-state index contributed by atoms with van der Waals surface area (Å²) >= 11 is 0. The van der Waals surface area contributed by atoms with Gasteiger partial charge in [0.2, 0.25) is 10.0 Å². The van der Waals surface area contributed by atoms with Crippen molar-refractivity contribution in [2.45, 2.75) is 18.2 Å². The Hall–Kier alpha value is -3.70. The fourth-order valence-corrected chi connectivity index (χ4v) is 4.29. The molecule has 170 valence electrons. The Morgan fingerprint density at radius 1 is 1.09 bits per heavy atom. The second-order valence-electron chi connectivity index (χ2n) is 7.01. The van der Waals surface area contributed by atoms with E-state index < -0.39 is 28.0 Å². The minimum atomic E-state index is -3.63. The van der Waals surface area contributed by atoms with Crippen LogP contribution in [0.2, 0.25) is 0 Å². The van der Waals surface area contributed by atoms with Crippen molar-refractivity contribution >= 4 is 27.3 Å². The van der Waals surface area contributed by atoms with Crippen molar-refractivity contribution in [3.63, 3.8) is 0 Å². The van der Waals surface area contributed by atoms with Crippen LogP contribution in [0.15, 0.2) is 71.8 Å².